The highest BCUT2D eigenvalue weighted by Crippen LogP contribution is 2.23. The first-order valence-corrected chi connectivity index (χ1v) is 12.3. The van der Waals surface area contributed by atoms with Crippen LogP contribution in [0.5, 0.6) is 11.5 Å². The van der Waals surface area contributed by atoms with Gasteiger partial charge in [-0.05, 0) is 83.9 Å². The molecule has 0 aliphatic heterocycles. The minimum absolute atomic E-state index is 0.197. The summed E-state index contributed by atoms with van der Waals surface area (Å²) in [6.07, 6.45) is 0. The standard InChI is InChI=1S/C28H20Br2O5/c29-23-9-1-19(2-10-23)17-33-27(31)21-5-13-25(14-6-21)35-26-15-7-22(8-16-26)28(32)34-18-20-3-11-24(30)12-4-20/h1-16H,17-18H2. The Morgan fingerprint density at radius 1 is 0.514 bits per heavy atom. The Kier molecular flexibility index (Phi) is 8.34. The van der Waals surface area contributed by atoms with Gasteiger partial charge in [0.25, 0.3) is 0 Å². The molecule has 176 valence electrons. The quantitative estimate of drug-likeness (QED) is 0.195. The number of hydrogen-bond donors (Lipinski definition) is 0. The maximum absolute atomic E-state index is 12.3. The molecule has 0 aromatic heterocycles. The molecule has 0 radical (unpaired) electrons. The molecule has 0 saturated heterocycles. The second-order valence-electron chi connectivity index (χ2n) is 7.56. The Labute approximate surface area is 219 Å². The normalized spacial score (nSPS) is 10.5. The SMILES string of the molecule is O=C(OCc1ccc(Br)cc1)c1ccc(Oc2ccc(C(=O)OCc3ccc(Br)cc3)cc2)cc1. The third kappa shape index (κ3) is 7.28. The van der Waals surface area contributed by atoms with Crippen LogP contribution >= 0.6 is 31.9 Å². The van der Waals surface area contributed by atoms with Crippen molar-refractivity contribution in [2.24, 2.45) is 0 Å². The van der Waals surface area contributed by atoms with E-state index in [-0.39, 0.29) is 13.2 Å². The van der Waals surface area contributed by atoms with Gasteiger partial charge in [0.05, 0.1) is 11.1 Å². The van der Waals surface area contributed by atoms with E-state index in [0.29, 0.717) is 22.6 Å². The second-order valence-corrected chi connectivity index (χ2v) is 9.39. The van der Waals surface area contributed by atoms with Gasteiger partial charge in [0, 0.05) is 8.95 Å². The molecule has 35 heavy (non-hydrogen) atoms. The molecule has 0 aliphatic rings. The third-order valence-corrected chi connectivity index (χ3v) is 6.04. The highest BCUT2D eigenvalue weighted by atomic mass is 79.9. The van der Waals surface area contributed by atoms with Crippen LogP contribution in [-0.2, 0) is 22.7 Å². The maximum atomic E-state index is 12.3. The summed E-state index contributed by atoms with van der Waals surface area (Å²) in [6.45, 7) is 0.393. The van der Waals surface area contributed by atoms with E-state index in [1.807, 2.05) is 48.5 Å². The molecule has 0 saturated carbocycles. The van der Waals surface area contributed by atoms with Crippen LogP contribution in [0.1, 0.15) is 31.8 Å². The van der Waals surface area contributed by atoms with Gasteiger partial charge >= 0.3 is 11.9 Å². The van der Waals surface area contributed by atoms with Crippen LogP contribution in [0.15, 0.2) is 106 Å². The fourth-order valence-corrected chi connectivity index (χ4v) is 3.61. The summed E-state index contributed by atoms with van der Waals surface area (Å²) in [5.74, 6) is 0.288. The number of esters is 2. The zero-order valence-electron chi connectivity index (χ0n) is 18.4. The molecular weight excluding hydrogens is 576 g/mol. The molecule has 0 fully saturated rings. The fourth-order valence-electron chi connectivity index (χ4n) is 3.08. The molecule has 0 spiro atoms. The van der Waals surface area contributed by atoms with Crippen molar-refractivity contribution >= 4 is 43.8 Å². The summed E-state index contributed by atoms with van der Waals surface area (Å²) in [5, 5.41) is 0. The highest BCUT2D eigenvalue weighted by Gasteiger charge is 2.10. The topological polar surface area (TPSA) is 61.8 Å². The van der Waals surface area contributed by atoms with Gasteiger partial charge in [0.2, 0.25) is 0 Å². The maximum Gasteiger partial charge on any atom is 0.338 e. The average Bonchev–Trinajstić information content (AvgIpc) is 2.88. The summed E-state index contributed by atoms with van der Waals surface area (Å²) in [5.41, 5.74) is 2.67. The van der Waals surface area contributed by atoms with Crippen LogP contribution in [0.3, 0.4) is 0 Å². The molecular formula is C28H20Br2O5. The summed E-state index contributed by atoms with van der Waals surface area (Å²) in [4.78, 5) is 24.6. The van der Waals surface area contributed by atoms with Gasteiger partial charge in [0.15, 0.2) is 0 Å². The van der Waals surface area contributed by atoms with Crippen molar-refractivity contribution in [3.05, 3.63) is 128 Å². The lowest BCUT2D eigenvalue weighted by Gasteiger charge is -2.09. The molecule has 0 heterocycles. The monoisotopic (exact) mass is 594 g/mol. The lowest BCUT2D eigenvalue weighted by atomic mass is 10.2. The van der Waals surface area contributed by atoms with Gasteiger partial charge in [-0.15, -0.1) is 0 Å². The predicted molar refractivity (Wildman–Crippen MR) is 139 cm³/mol. The van der Waals surface area contributed by atoms with Gasteiger partial charge in [-0.3, -0.25) is 0 Å². The van der Waals surface area contributed by atoms with Crippen molar-refractivity contribution in [2.75, 3.05) is 0 Å². The van der Waals surface area contributed by atoms with Gasteiger partial charge in [0.1, 0.15) is 24.7 Å². The molecule has 4 aromatic rings. The molecule has 0 N–H and O–H groups in total. The van der Waals surface area contributed by atoms with Gasteiger partial charge in [-0.2, -0.15) is 0 Å². The van der Waals surface area contributed by atoms with Gasteiger partial charge < -0.3 is 14.2 Å². The van der Waals surface area contributed by atoms with Crippen LogP contribution < -0.4 is 4.74 Å². The lowest BCUT2D eigenvalue weighted by Crippen LogP contribution is -2.05. The van der Waals surface area contributed by atoms with Crippen molar-refractivity contribution in [1.82, 2.24) is 0 Å². The Balaban J connectivity index is 1.27. The summed E-state index contributed by atoms with van der Waals surface area (Å²) >= 11 is 6.75. The minimum Gasteiger partial charge on any atom is -0.457 e. The van der Waals surface area contributed by atoms with E-state index in [9.17, 15) is 9.59 Å². The molecule has 0 amide bonds. The molecule has 5 nitrogen and oxygen atoms in total. The van der Waals surface area contributed by atoms with Crippen molar-refractivity contribution in [2.45, 2.75) is 13.2 Å². The number of benzene rings is 4. The first-order valence-electron chi connectivity index (χ1n) is 10.7. The van der Waals surface area contributed by atoms with E-state index >= 15 is 0 Å². The number of hydrogen-bond acceptors (Lipinski definition) is 5. The number of ether oxygens (including phenoxy) is 3. The molecule has 0 unspecified atom stereocenters. The van der Waals surface area contributed by atoms with E-state index in [2.05, 4.69) is 31.9 Å². The summed E-state index contributed by atoms with van der Waals surface area (Å²) < 4.78 is 18.5. The second kappa shape index (κ2) is 11.8. The van der Waals surface area contributed by atoms with Crippen molar-refractivity contribution in [3.63, 3.8) is 0 Å². The zero-order valence-corrected chi connectivity index (χ0v) is 21.6. The molecule has 0 aliphatic carbocycles. The fraction of sp³-hybridized carbons (Fsp3) is 0.0714. The van der Waals surface area contributed by atoms with E-state index in [0.717, 1.165) is 20.1 Å². The molecule has 4 aromatic carbocycles. The van der Waals surface area contributed by atoms with E-state index in [4.69, 9.17) is 14.2 Å². The van der Waals surface area contributed by atoms with Crippen LogP contribution in [0, 0.1) is 0 Å². The van der Waals surface area contributed by atoms with E-state index < -0.39 is 11.9 Å². The lowest BCUT2D eigenvalue weighted by molar-refractivity contribution is 0.0464. The number of carbonyl (C=O) groups is 2. The Morgan fingerprint density at radius 2 is 0.857 bits per heavy atom. The zero-order chi connectivity index (χ0) is 24.6. The molecule has 0 atom stereocenters. The average molecular weight is 596 g/mol. The van der Waals surface area contributed by atoms with Crippen LogP contribution in [0.25, 0.3) is 0 Å². The van der Waals surface area contributed by atoms with Gasteiger partial charge in [-0.25, -0.2) is 9.59 Å². The van der Waals surface area contributed by atoms with Crippen LogP contribution in [0.4, 0.5) is 0 Å². The molecule has 4 rings (SSSR count). The van der Waals surface area contributed by atoms with Crippen molar-refractivity contribution in [1.29, 1.82) is 0 Å². The third-order valence-electron chi connectivity index (χ3n) is 4.98. The van der Waals surface area contributed by atoms with Crippen LogP contribution in [-0.4, -0.2) is 11.9 Å². The molecule has 0 bridgehead atoms. The molecule has 7 heteroatoms. The van der Waals surface area contributed by atoms with Gasteiger partial charge in [-0.1, -0.05) is 56.1 Å². The van der Waals surface area contributed by atoms with Crippen molar-refractivity contribution < 1.29 is 23.8 Å². The summed E-state index contributed by atoms with van der Waals surface area (Å²) in [7, 11) is 0. The van der Waals surface area contributed by atoms with E-state index in [1.54, 1.807) is 48.5 Å². The Bertz CT molecular complexity index is 1180. The first kappa shape index (κ1) is 24.7. The van der Waals surface area contributed by atoms with Crippen LogP contribution in [0.2, 0.25) is 0 Å². The smallest absolute Gasteiger partial charge is 0.338 e. The minimum atomic E-state index is -0.412. The summed E-state index contributed by atoms with van der Waals surface area (Å²) in [6, 6.07) is 28.5. The largest absolute Gasteiger partial charge is 0.457 e. The number of halogens is 2. The number of rotatable bonds is 8. The predicted octanol–water partition coefficient (Wildman–Crippen LogP) is 7.72. The first-order chi connectivity index (χ1) is 17.0. The highest BCUT2D eigenvalue weighted by molar-refractivity contribution is 9.10. The van der Waals surface area contributed by atoms with E-state index in [1.165, 1.54) is 0 Å². The van der Waals surface area contributed by atoms with Crippen molar-refractivity contribution in [3.8, 4) is 11.5 Å². The Hall–Kier alpha value is -3.42. The Morgan fingerprint density at radius 3 is 1.20 bits per heavy atom. The number of carbonyl (C=O) groups excluding carboxylic acids is 2.